The van der Waals surface area contributed by atoms with Gasteiger partial charge in [0.2, 0.25) is 5.88 Å². The van der Waals surface area contributed by atoms with Gasteiger partial charge in [-0.1, -0.05) is 11.6 Å². The van der Waals surface area contributed by atoms with Crippen LogP contribution >= 0.6 is 27.5 Å². The van der Waals surface area contributed by atoms with Crippen molar-refractivity contribution < 1.29 is 9.13 Å². The first-order valence-electron chi connectivity index (χ1n) is 5.07. The number of rotatable bonds is 3. The molecule has 0 radical (unpaired) electrons. The number of nitrogens with two attached hydrogens (primary N) is 1. The lowest BCUT2D eigenvalue weighted by Gasteiger charge is -2.08. The van der Waals surface area contributed by atoms with Crippen LogP contribution in [0.1, 0.15) is 5.56 Å². The molecule has 0 atom stereocenters. The van der Waals surface area contributed by atoms with E-state index in [0.29, 0.717) is 26.7 Å². The third-order valence-corrected chi connectivity index (χ3v) is 3.23. The van der Waals surface area contributed by atoms with Crippen LogP contribution in [-0.4, -0.2) is 4.98 Å². The van der Waals surface area contributed by atoms with E-state index in [1.807, 2.05) is 0 Å². The number of halogens is 3. The topological polar surface area (TPSA) is 48.1 Å². The van der Waals surface area contributed by atoms with Gasteiger partial charge in [0.05, 0.1) is 9.50 Å². The van der Waals surface area contributed by atoms with Crippen LogP contribution in [0.3, 0.4) is 0 Å². The second-order valence-corrected chi connectivity index (χ2v) is 4.76. The van der Waals surface area contributed by atoms with Gasteiger partial charge in [-0.25, -0.2) is 9.37 Å². The van der Waals surface area contributed by atoms with Gasteiger partial charge >= 0.3 is 0 Å². The second-order valence-electron chi connectivity index (χ2n) is 3.49. The van der Waals surface area contributed by atoms with Gasteiger partial charge in [-0.3, -0.25) is 0 Å². The van der Waals surface area contributed by atoms with E-state index in [2.05, 4.69) is 20.9 Å². The van der Waals surface area contributed by atoms with Crippen molar-refractivity contribution in [1.29, 1.82) is 0 Å². The first-order chi connectivity index (χ1) is 8.60. The van der Waals surface area contributed by atoms with Crippen molar-refractivity contribution >= 4 is 27.5 Å². The number of pyridine rings is 1. The van der Waals surface area contributed by atoms with Gasteiger partial charge in [0.15, 0.2) is 0 Å². The molecule has 18 heavy (non-hydrogen) atoms. The van der Waals surface area contributed by atoms with Crippen molar-refractivity contribution in [1.82, 2.24) is 4.98 Å². The Morgan fingerprint density at radius 1 is 1.39 bits per heavy atom. The van der Waals surface area contributed by atoms with E-state index in [1.54, 1.807) is 12.1 Å². The maximum atomic E-state index is 13.1. The molecule has 2 N–H and O–H groups in total. The van der Waals surface area contributed by atoms with E-state index in [9.17, 15) is 4.39 Å². The molecule has 94 valence electrons. The van der Waals surface area contributed by atoms with Crippen LogP contribution in [0.15, 0.2) is 34.9 Å². The van der Waals surface area contributed by atoms with Crippen LogP contribution in [0, 0.1) is 5.82 Å². The van der Waals surface area contributed by atoms with E-state index in [1.165, 1.54) is 18.3 Å². The lowest BCUT2D eigenvalue weighted by molar-refractivity contribution is 0.454. The summed E-state index contributed by atoms with van der Waals surface area (Å²) >= 11 is 9.16. The molecule has 0 aliphatic rings. The fourth-order valence-corrected chi connectivity index (χ4v) is 1.85. The van der Waals surface area contributed by atoms with Crippen molar-refractivity contribution in [2.75, 3.05) is 0 Å². The number of hydrogen-bond acceptors (Lipinski definition) is 3. The SMILES string of the molecule is NCc1cc(Oc2cc(F)ccc2Br)ncc1Cl. The summed E-state index contributed by atoms with van der Waals surface area (Å²) in [6, 6.07) is 5.78. The van der Waals surface area contributed by atoms with Crippen molar-refractivity contribution in [3.05, 3.63) is 51.3 Å². The summed E-state index contributed by atoms with van der Waals surface area (Å²) in [6.07, 6.45) is 1.45. The van der Waals surface area contributed by atoms with Crippen molar-refractivity contribution in [2.45, 2.75) is 6.54 Å². The van der Waals surface area contributed by atoms with Crippen LogP contribution in [-0.2, 0) is 6.54 Å². The summed E-state index contributed by atoms with van der Waals surface area (Å²) in [5.41, 5.74) is 6.25. The first kappa shape index (κ1) is 13.3. The van der Waals surface area contributed by atoms with Crippen LogP contribution in [0.4, 0.5) is 4.39 Å². The van der Waals surface area contributed by atoms with Gasteiger partial charge in [0, 0.05) is 24.9 Å². The van der Waals surface area contributed by atoms with Crippen LogP contribution in [0.5, 0.6) is 11.6 Å². The zero-order valence-electron chi connectivity index (χ0n) is 9.16. The predicted octanol–water partition coefficient (Wildman–Crippen LogP) is 3.89. The molecule has 0 aliphatic carbocycles. The standard InChI is InChI=1S/C12H9BrClFN2O/c13-9-2-1-8(15)4-11(9)18-12-3-7(5-16)10(14)6-17-12/h1-4,6H,5,16H2. The summed E-state index contributed by atoms with van der Waals surface area (Å²) in [6.45, 7) is 0.280. The molecule has 0 fully saturated rings. The molecular weight excluding hydrogens is 322 g/mol. The van der Waals surface area contributed by atoms with Gasteiger partial charge in [0.1, 0.15) is 11.6 Å². The average molecular weight is 332 g/mol. The Morgan fingerprint density at radius 3 is 2.89 bits per heavy atom. The Balaban J connectivity index is 2.31. The zero-order valence-corrected chi connectivity index (χ0v) is 11.5. The Morgan fingerprint density at radius 2 is 2.17 bits per heavy atom. The molecule has 0 aliphatic heterocycles. The summed E-state index contributed by atoms with van der Waals surface area (Å²) < 4.78 is 19.2. The zero-order chi connectivity index (χ0) is 13.1. The largest absolute Gasteiger partial charge is 0.438 e. The normalized spacial score (nSPS) is 10.4. The third kappa shape index (κ3) is 2.98. The van der Waals surface area contributed by atoms with Gasteiger partial charge in [-0.15, -0.1) is 0 Å². The van der Waals surface area contributed by atoms with E-state index in [-0.39, 0.29) is 12.4 Å². The van der Waals surface area contributed by atoms with E-state index < -0.39 is 0 Å². The van der Waals surface area contributed by atoms with Crippen molar-refractivity contribution in [3.8, 4) is 11.6 Å². The molecule has 3 nitrogen and oxygen atoms in total. The van der Waals surface area contributed by atoms with Gasteiger partial charge < -0.3 is 10.5 Å². The fraction of sp³-hybridized carbons (Fsp3) is 0.0833. The minimum Gasteiger partial charge on any atom is -0.438 e. The molecule has 1 aromatic heterocycles. The summed E-state index contributed by atoms with van der Waals surface area (Å²) in [4.78, 5) is 4.00. The molecule has 0 bridgehead atoms. The van der Waals surface area contributed by atoms with E-state index in [4.69, 9.17) is 22.1 Å². The smallest absolute Gasteiger partial charge is 0.219 e. The highest BCUT2D eigenvalue weighted by molar-refractivity contribution is 9.10. The quantitative estimate of drug-likeness (QED) is 0.928. The predicted molar refractivity (Wildman–Crippen MR) is 71.3 cm³/mol. The highest BCUT2D eigenvalue weighted by Gasteiger charge is 2.07. The third-order valence-electron chi connectivity index (χ3n) is 2.24. The molecule has 0 saturated carbocycles. The van der Waals surface area contributed by atoms with Gasteiger partial charge in [0.25, 0.3) is 0 Å². The molecule has 2 rings (SSSR count). The highest BCUT2D eigenvalue weighted by Crippen LogP contribution is 2.30. The van der Waals surface area contributed by atoms with E-state index >= 15 is 0 Å². The number of benzene rings is 1. The number of ether oxygens (including phenoxy) is 1. The molecule has 6 heteroatoms. The lowest BCUT2D eigenvalue weighted by Crippen LogP contribution is -1.99. The monoisotopic (exact) mass is 330 g/mol. The van der Waals surface area contributed by atoms with Crippen molar-refractivity contribution in [3.63, 3.8) is 0 Å². The molecule has 0 amide bonds. The van der Waals surface area contributed by atoms with Gasteiger partial charge in [-0.05, 0) is 33.6 Å². The molecule has 0 spiro atoms. The molecule has 1 heterocycles. The summed E-state index contributed by atoms with van der Waals surface area (Å²) in [7, 11) is 0. The summed E-state index contributed by atoms with van der Waals surface area (Å²) in [5, 5.41) is 0.475. The molecular formula is C12H9BrClFN2O. The lowest BCUT2D eigenvalue weighted by atomic mass is 10.2. The Bertz CT molecular complexity index is 580. The molecule has 1 aromatic carbocycles. The maximum absolute atomic E-state index is 13.1. The van der Waals surface area contributed by atoms with Crippen LogP contribution in [0.25, 0.3) is 0 Å². The number of nitrogens with zero attached hydrogens (tertiary/aromatic N) is 1. The second kappa shape index (κ2) is 5.65. The van der Waals surface area contributed by atoms with E-state index in [0.717, 1.165) is 0 Å². The number of aromatic nitrogens is 1. The fourth-order valence-electron chi connectivity index (χ4n) is 1.34. The first-order valence-corrected chi connectivity index (χ1v) is 6.24. The minimum absolute atomic E-state index is 0.280. The molecule has 0 unspecified atom stereocenters. The molecule has 2 aromatic rings. The highest BCUT2D eigenvalue weighted by atomic mass is 79.9. The van der Waals surface area contributed by atoms with Gasteiger partial charge in [-0.2, -0.15) is 0 Å². The Labute approximate surface area is 117 Å². The Hall–Kier alpha value is -1.17. The molecule has 0 saturated heterocycles. The average Bonchev–Trinajstić information content (AvgIpc) is 2.36. The van der Waals surface area contributed by atoms with Crippen LogP contribution < -0.4 is 10.5 Å². The summed E-state index contributed by atoms with van der Waals surface area (Å²) in [5.74, 6) is 0.264. The number of hydrogen-bond donors (Lipinski definition) is 1. The minimum atomic E-state index is -0.388. The Kier molecular flexibility index (Phi) is 4.16. The maximum Gasteiger partial charge on any atom is 0.219 e. The van der Waals surface area contributed by atoms with Crippen molar-refractivity contribution in [2.24, 2.45) is 5.73 Å². The van der Waals surface area contributed by atoms with Crippen LogP contribution in [0.2, 0.25) is 5.02 Å².